The van der Waals surface area contributed by atoms with Crippen LogP contribution in [-0.2, 0) is 4.79 Å². The first-order chi connectivity index (χ1) is 8.92. The van der Waals surface area contributed by atoms with Crippen molar-refractivity contribution in [1.82, 2.24) is 15.5 Å². The molecule has 0 atom stereocenters. The van der Waals surface area contributed by atoms with E-state index in [9.17, 15) is 4.79 Å². The van der Waals surface area contributed by atoms with E-state index in [1.165, 1.54) is 0 Å². The van der Waals surface area contributed by atoms with Gasteiger partial charge in [-0.25, -0.2) is 0 Å². The molecule has 0 aromatic rings. The van der Waals surface area contributed by atoms with E-state index in [0.29, 0.717) is 5.91 Å². The molecule has 1 fully saturated rings. The number of nitrogens with one attached hydrogen (secondary N) is 2. The smallest absolute Gasteiger partial charge is 0.222 e. The fourth-order valence-electron chi connectivity index (χ4n) is 2.06. The second kappa shape index (κ2) is 7.36. The van der Waals surface area contributed by atoms with Crippen LogP contribution < -0.4 is 10.6 Å². The number of hydrogen-bond acceptors (Lipinski definition) is 2. The molecule has 0 radical (unpaired) electrons. The number of hydrogen-bond donors (Lipinski definition) is 2. The summed E-state index contributed by atoms with van der Waals surface area (Å²) in [5.41, 5.74) is 0.00587. The largest absolute Gasteiger partial charge is 0.357 e. The Morgan fingerprint density at radius 1 is 1.42 bits per heavy atom. The molecule has 110 valence electrons. The number of carbonyl (C=O) groups is 1. The number of carbonyl (C=O) groups excluding carboxylic acids is 1. The zero-order valence-electron chi connectivity index (χ0n) is 12.8. The van der Waals surface area contributed by atoms with E-state index < -0.39 is 0 Å². The van der Waals surface area contributed by atoms with Crippen molar-refractivity contribution >= 4 is 11.9 Å². The van der Waals surface area contributed by atoms with Crippen molar-refractivity contribution < 1.29 is 4.79 Å². The van der Waals surface area contributed by atoms with E-state index in [1.807, 2.05) is 4.90 Å². The molecule has 5 heteroatoms. The summed E-state index contributed by atoms with van der Waals surface area (Å²) in [5, 5.41) is 6.59. The summed E-state index contributed by atoms with van der Waals surface area (Å²) in [5.74, 6) is 1.14. The Hall–Kier alpha value is -1.26. The Bertz CT molecular complexity index is 320. The fraction of sp³-hybridized carbons (Fsp3) is 0.857. The average molecular weight is 268 g/mol. The van der Waals surface area contributed by atoms with Gasteiger partial charge in [0.05, 0.1) is 0 Å². The molecule has 1 amide bonds. The lowest BCUT2D eigenvalue weighted by molar-refractivity contribution is -0.127. The van der Waals surface area contributed by atoms with Gasteiger partial charge in [-0.1, -0.05) is 0 Å². The molecule has 5 nitrogen and oxygen atoms in total. The minimum absolute atomic E-state index is 0.00587. The molecular weight excluding hydrogens is 240 g/mol. The Labute approximate surface area is 116 Å². The third-order valence-electron chi connectivity index (χ3n) is 2.87. The molecule has 2 N–H and O–H groups in total. The number of rotatable bonds is 5. The summed E-state index contributed by atoms with van der Waals surface area (Å²) in [7, 11) is 0. The summed E-state index contributed by atoms with van der Waals surface area (Å²) in [6.45, 7) is 11.7. The molecule has 0 unspecified atom stereocenters. The Balaban J connectivity index is 2.32. The number of nitrogens with zero attached hydrogens (tertiary/aromatic N) is 2. The van der Waals surface area contributed by atoms with Crippen LogP contribution in [0.3, 0.4) is 0 Å². The zero-order chi connectivity index (χ0) is 14.3. The SMILES string of the molecule is CCNC(=NCCCN1CCCC1=O)NC(C)(C)C. The lowest BCUT2D eigenvalue weighted by atomic mass is 10.1. The molecule has 0 aromatic heterocycles. The standard InChI is InChI=1S/C14H28N4O/c1-5-15-13(17-14(2,3)4)16-9-7-11-18-10-6-8-12(18)19/h5-11H2,1-4H3,(H2,15,16,17). The van der Waals surface area contributed by atoms with Gasteiger partial charge in [-0.3, -0.25) is 9.79 Å². The fourth-order valence-corrected chi connectivity index (χ4v) is 2.06. The van der Waals surface area contributed by atoms with Crippen LogP contribution in [0.2, 0.25) is 0 Å². The maximum absolute atomic E-state index is 11.5. The highest BCUT2D eigenvalue weighted by atomic mass is 16.2. The minimum atomic E-state index is 0.00587. The van der Waals surface area contributed by atoms with E-state index in [4.69, 9.17) is 0 Å². The van der Waals surface area contributed by atoms with Gasteiger partial charge in [0, 0.05) is 38.1 Å². The van der Waals surface area contributed by atoms with Crippen LogP contribution >= 0.6 is 0 Å². The van der Waals surface area contributed by atoms with Gasteiger partial charge < -0.3 is 15.5 Å². The van der Waals surface area contributed by atoms with Crippen LogP contribution in [0.5, 0.6) is 0 Å². The molecule has 0 aromatic carbocycles. The quantitative estimate of drug-likeness (QED) is 0.449. The summed E-state index contributed by atoms with van der Waals surface area (Å²) < 4.78 is 0. The lowest BCUT2D eigenvalue weighted by Gasteiger charge is -2.23. The molecule has 1 saturated heterocycles. The molecule has 19 heavy (non-hydrogen) atoms. The molecule has 1 aliphatic heterocycles. The van der Waals surface area contributed by atoms with Gasteiger partial charge in [0.15, 0.2) is 5.96 Å². The summed E-state index contributed by atoms with van der Waals surface area (Å²) >= 11 is 0. The normalized spacial score (nSPS) is 16.9. The van der Waals surface area contributed by atoms with Gasteiger partial charge in [-0.05, 0) is 40.5 Å². The Morgan fingerprint density at radius 3 is 2.68 bits per heavy atom. The highest BCUT2D eigenvalue weighted by Crippen LogP contribution is 2.09. The highest BCUT2D eigenvalue weighted by molar-refractivity contribution is 5.80. The van der Waals surface area contributed by atoms with Crippen molar-refractivity contribution in [2.75, 3.05) is 26.2 Å². The first kappa shape index (κ1) is 15.8. The van der Waals surface area contributed by atoms with Crippen molar-refractivity contribution in [3.05, 3.63) is 0 Å². The molecular formula is C14H28N4O. The number of guanidine groups is 1. The van der Waals surface area contributed by atoms with Gasteiger partial charge in [0.1, 0.15) is 0 Å². The maximum Gasteiger partial charge on any atom is 0.222 e. The molecule has 1 rings (SSSR count). The molecule has 0 saturated carbocycles. The zero-order valence-corrected chi connectivity index (χ0v) is 12.8. The Morgan fingerprint density at radius 2 is 2.16 bits per heavy atom. The summed E-state index contributed by atoms with van der Waals surface area (Å²) in [6, 6.07) is 0. The predicted octanol–water partition coefficient (Wildman–Crippen LogP) is 1.35. The second-order valence-electron chi connectivity index (χ2n) is 5.97. The van der Waals surface area contributed by atoms with Crippen molar-refractivity contribution in [3.63, 3.8) is 0 Å². The molecule has 0 bridgehead atoms. The first-order valence-electron chi connectivity index (χ1n) is 7.26. The van der Waals surface area contributed by atoms with E-state index in [0.717, 1.165) is 51.4 Å². The van der Waals surface area contributed by atoms with E-state index in [1.54, 1.807) is 0 Å². The van der Waals surface area contributed by atoms with Crippen LogP contribution in [0.1, 0.15) is 47.0 Å². The van der Waals surface area contributed by atoms with E-state index in [2.05, 4.69) is 43.3 Å². The van der Waals surface area contributed by atoms with Crippen LogP contribution in [-0.4, -0.2) is 48.5 Å². The van der Waals surface area contributed by atoms with Gasteiger partial charge in [0.25, 0.3) is 0 Å². The maximum atomic E-state index is 11.5. The van der Waals surface area contributed by atoms with Gasteiger partial charge in [-0.2, -0.15) is 0 Å². The average Bonchev–Trinajstić information content (AvgIpc) is 2.68. The van der Waals surface area contributed by atoms with Crippen LogP contribution in [0, 0.1) is 0 Å². The number of aliphatic imine (C=N–C) groups is 1. The topological polar surface area (TPSA) is 56.7 Å². The van der Waals surface area contributed by atoms with Crippen LogP contribution in [0.15, 0.2) is 4.99 Å². The second-order valence-corrected chi connectivity index (χ2v) is 5.97. The van der Waals surface area contributed by atoms with Crippen molar-refractivity contribution in [2.45, 2.75) is 52.5 Å². The van der Waals surface area contributed by atoms with Gasteiger partial charge in [-0.15, -0.1) is 0 Å². The summed E-state index contributed by atoms with van der Waals surface area (Å²) in [6.07, 6.45) is 2.65. The number of likely N-dealkylation sites (tertiary alicyclic amines) is 1. The van der Waals surface area contributed by atoms with Crippen molar-refractivity contribution in [3.8, 4) is 0 Å². The van der Waals surface area contributed by atoms with E-state index in [-0.39, 0.29) is 5.54 Å². The summed E-state index contributed by atoms with van der Waals surface area (Å²) in [4.78, 5) is 17.9. The molecule has 1 aliphatic rings. The van der Waals surface area contributed by atoms with Crippen molar-refractivity contribution in [2.24, 2.45) is 4.99 Å². The number of amides is 1. The third-order valence-corrected chi connectivity index (χ3v) is 2.87. The highest BCUT2D eigenvalue weighted by Gasteiger charge is 2.19. The van der Waals surface area contributed by atoms with Gasteiger partial charge in [0.2, 0.25) is 5.91 Å². The molecule has 0 aliphatic carbocycles. The van der Waals surface area contributed by atoms with Crippen molar-refractivity contribution in [1.29, 1.82) is 0 Å². The van der Waals surface area contributed by atoms with Crippen LogP contribution in [0.25, 0.3) is 0 Å². The predicted molar refractivity (Wildman–Crippen MR) is 79.3 cm³/mol. The van der Waals surface area contributed by atoms with Gasteiger partial charge >= 0.3 is 0 Å². The Kier molecular flexibility index (Phi) is 6.12. The third kappa shape index (κ3) is 6.45. The van der Waals surface area contributed by atoms with Crippen LogP contribution in [0.4, 0.5) is 0 Å². The molecule has 0 spiro atoms. The lowest BCUT2D eigenvalue weighted by Crippen LogP contribution is -2.47. The van der Waals surface area contributed by atoms with E-state index >= 15 is 0 Å². The molecule has 1 heterocycles. The minimum Gasteiger partial charge on any atom is -0.357 e. The monoisotopic (exact) mass is 268 g/mol. The first-order valence-corrected chi connectivity index (χ1v) is 7.26.